The summed E-state index contributed by atoms with van der Waals surface area (Å²) in [6.45, 7) is 2.01. The first-order valence-corrected chi connectivity index (χ1v) is 7.62. The van der Waals surface area contributed by atoms with E-state index < -0.39 is 0 Å². The van der Waals surface area contributed by atoms with Gasteiger partial charge in [0.2, 0.25) is 0 Å². The monoisotopic (exact) mass is 312 g/mol. The molecule has 1 amide bonds. The molecule has 3 aromatic rings. The van der Waals surface area contributed by atoms with Crippen molar-refractivity contribution in [1.82, 2.24) is 10.3 Å². The van der Waals surface area contributed by atoms with Gasteiger partial charge in [-0.15, -0.1) is 0 Å². The van der Waals surface area contributed by atoms with Crippen LogP contribution >= 0.6 is 11.6 Å². The number of fused-ring (bicyclic) bond motifs is 1. The summed E-state index contributed by atoms with van der Waals surface area (Å²) < 4.78 is 0. The number of carbonyl (C=O) groups is 1. The largest absolute Gasteiger partial charge is 0.361 e. The predicted molar refractivity (Wildman–Crippen MR) is 90.4 cm³/mol. The number of rotatable bonds is 4. The van der Waals surface area contributed by atoms with E-state index in [2.05, 4.69) is 22.4 Å². The van der Waals surface area contributed by atoms with Crippen molar-refractivity contribution in [2.75, 3.05) is 0 Å². The fourth-order valence-electron chi connectivity index (χ4n) is 2.59. The highest BCUT2D eigenvalue weighted by atomic mass is 35.5. The Morgan fingerprint density at radius 3 is 2.68 bits per heavy atom. The molecule has 3 rings (SSSR count). The molecule has 22 heavy (non-hydrogen) atoms. The number of carbonyl (C=O) groups excluding carboxylic acids is 1. The number of hydrogen-bond donors (Lipinski definition) is 2. The third-order valence-corrected chi connectivity index (χ3v) is 3.94. The summed E-state index contributed by atoms with van der Waals surface area (Å²) in [5.74, 6) is -0.0796. The number of hydrogen-bond acceptors (Lipinski definition) is 1. The number of nitrogens with one attached hydrogen (secondary N) is 2. The number of para-hydroxylation sites is 1. The van der Waals surface area contributed by atoms with Gasteiger partial charge in [-0.2, -0.15) is 0 Å². The van der Waals surface area contributed by atoms with E-state index in [1.807, 2.05) is 25.3 Å². The molecule has 0 fully saturated rings. The SMILES string of the molecule is CC(Cc1c[nH]c2ccccc12)NC(=O)c1ccc(Cl)cc1. The van der Waals surface area contributed by atoms with Crippen molar-refractivity contribution >= 4 is 28.4 Å². The Morgan fingerprint density at radius 2 is 1.91 bits per heavy atom. The summed E-state index contributed by atoms with van der Waals surface area (Å²) in [7, 11) is 0. The van der Waals surface area contributed by atoms with Crippen molar-refractivity contribution in [3.8, 4) is 0 Å². The Hall–Kier alpha value is -2.26. The molecule has 0 radical (unpaired) electrons. The molecule has 112 valence electrons. The van der Waals surface area contributed by atoms with E-state index in [1.54, 1.807) is 24.3 Å². The Labute approximate surface area is 134 Å². The average Bonchev–Trinajstić information content (AvgIpc) is 2.91. The molecule has 3 nitrogen and oxygen atoms in total. The zero-order chi connectivity index (χ0) is 15.5. The quantitative estimate of drug-likeness (QED) is 0.745. The fraction of sp³-hybridized carbons (Fsp3) is 0.167. The van der Waals surface area contributed by atoms with Crippen LogP contribution in [0.1, 0.15) is 22.8 Å². The first-order chi connectivity index (χ1) is 10.6. The van der Waals surface area contributed by atoms with Crippen molar-refractivity contribution in [1.29, 1.82) is 0 Å². The minimum Gasteiger partial charge on any atom is -0.361 e. The summed E-state index contributed by atoms with van der Waals surface area (Å²) in [4.78, 5) is 15.5. The molecular weight excluding hydrogens is 296 g/mol. The second kappa shape index (κ2) is 6.24. The third kappa shape index (κ3) is 3.15. The Morgan fingerprint density at radius 1 is 1.18 bits per heavy atom. The van der Waals surface area contributed by atoms with Gasteiger partial charge < -0.3 is 10.3 Å². The van der Waals surface area contributed by atoms with Crippen molar-refractivity contribution < 1.29 is 4.79 Å². The number of benzene rings is 2. The lowest BCUT2D eigenvalue weighted by Crippen LogP contribution is -2.34. The number of aromatic nitrogens is 1. The predicted octanol–water partition coefficient (Wildman–Crippen LogP) is 4.18. The molecule has 0 spiro atoms. The highest BCUT2D eigenvalue weighted by molar-refractivity contribution is 6.30. The fourth-order valence-corrected chi connectivity index (χ4v) is 2.72. The van der Waals surface area contributed by atoms with Crippen LogP contribution in [-0.2, 0) is 6.42 Å². The standard InChI is InChI=1S/C18H17ClN2O/c1-12(21-18(22)13-6-8-15(19)9-7-13)10-14-11-20-17-5-3-2-4-16(14)17/h2-9,11-12,20H,10H2,1H3,(H,21,22). The summed E-state index contributed by atoms with van der Waals surface area (Å²) in [6.07, 6.45) is 2.79. The van der Waals surface area contributed by atoms with Crippen LogP contribution in [0.3, 0.4) is 0 Å². The lowest BCUT2D eigenvalue weighted by molar-refractivity contribution is 0.0940. The number of halogens is 1. The van der Waals surface area contributed by atoms with Crippen LogP contribution in [0.15, 0.2) is 54.7 Å². The highest BCUT2D eigenvalue weighted by Gasteiger charge is 2.12. The molecule has 4 heteroatoms. The molecule has 0 saturated heterocycles. The van der Waals surface area contributed by atoms with Gasteiger partial charge in [0.25, 0.3) is 5.91 Å². The van der Waals surface area contributed by atoms with Crippen LogP contribution in [-0.4, -0.2) is 16.9 Å². The van der Waals surface area contributed by atoms with Crippen LogP contribution in [0.5, 0.6) is 0 Å². The second-order valence-corrected chi connectivity index (χ2v) is 5.88. The van der Waals surface area contributed by atoms with E-state index in [0.717, 1.165) is 11.9 Å². The average molecular weight is 313 g/mol. The van der Waals surface area contributed by atoms with Gasteiger partial charge in [0.15, 0.2) is 0 Å². The van der Waals surface area contributed by atoms with E-state index in [-0.39, 0.29) is 11.9 Å². The maximum absolute atomic E-state index is 12.2. The van der Waals surface area contributed by atoms with Gasteiger partial charge in [0.05, 0.1) is 0 Å². The van der Waals surface area contributed by atoms with Crippen LogP contribution in [0.2, 0.25) is 5.02 Å². The summed E-state index contributed by atoms with van der Waals surface area (Å²) >= 11 is 5.84. The Bertz CT molecular complexity index is 792. The summed E-state index contributed by atoms with van der Waals surface area (Å²) in [5.41, 5.74) is 2.95. The molecule has 2 aromatic carbocycles. The van der Waals surface area contributed by atoms with E-state index >= 15 is 0 Å². The van der Waals surface area contributed by atoms with Gasteiger partial charge >= 0.3 is 0 Å². The molecule has 1 atom stereocenters. The van der Waals surface area contributed by atoms with Gasteiger partial charge in [-0.05, 0) is 49.2 Å². The maximum Gasteiger partial charge on any atom is 0.251 e. The first kappa shape index (κ1) is 14.7. The molecule has 0 aliphatic carbocycles. The van der Waals surface area contributed by atoms with Crippen molar-refractivity contribution in [2.45, 2.75) is 19.4 Å². The molecule has 2 N–H and O–H groups in total. The van der Waals surface area contributed by atoms with E-state index in [0.29, 0.717) is 10.6 Å². The van der Waals surface area contributed by atoms with Gasteiger partial charge in [0.1, 0.15) is 0 Å². The molecule has 0 saturated carbocycles. The molecule has 1 aromatic heterocycles. The zero-order valence-corrected chi connectivity index (χ0v) is 13.0. The highest BCUT2D eigenvalue weighted by Crippen LogP contribution is 2.19. The Balaban J connectivity index is 1.68. The normalized spacial score (nSPS) is 12.3. The number of aromatic amines is 1. The van der Waals surface area contributed by atoms with Crippen LogP contribution in [0.25, 0.3) is 10.9 Å². The van der Waals surface area contributed by atoms with Gasteiger partial charge in [-0.1, -0.05) is 29.8 Å². The Kier molecular flexibility index (Phi) is 4.16. The van der Waals surface area contributed by atoms with Crippen LogP contribution in [0, 0.1) is 0 Å². The van der Waals surface area contributed by atoms with Crippen LogP contribution < -0.4 is 5.32 Å². The molecular formula is C18H17ClN2O. The van der Waals surface area contributed by atoms with Crippen LogP contribution in [0.4, 0.5) is 0 Å². The van der Waals surface area contributed by atoms with Crippen molar-refractivity contribution in [3.05, 3.63) is 70.9 Å². The molecule has 1 unspecified atom stereocenters. The first-order valence-electron chi connectivity index (χ1n) is 7.25. The van der Waals surface area contributed by atoms with E-state index in [1.165, 1.54) is 10.9 Å². The second-order valence-electron chi connectivity index (χ2n) is 5.45. The number of H-pyrrole nitrogens is 1. The lowest BCUT2D eigenvalue weighted by Gasteiger charge is -2.13. The van der Waals surface area contributed by atoms with E-state index in [9.17, 15) is 4.79 Å². The van der Waals surface area contributed by atoms with Crippen molar-refractivity contribution in [2.24, 2.45) is 0 Å². The topological polar surface area (TPSA) is 44.9 Å². The molecule has 1 heterocycles. The maximum atomic E-state index is 12.2. The summed E-state index contributed by atoms with van der Waals surface area (Å²) in [6, 6.07) is 15.1. The third-order valence-electron chi connectivity index (χ3n) is 3.68. The van der Waals surface area contributed by atoms with Gasteiger partial charge in [-0.3, -0.25) is 4.79 Å². The zero-order valence-electron chi connectivity index (χ0n) is 12.3. The minimum absolute atomic E-state index is 0.0439. The van der Waals surface area contributed by atoms with E-state index in [4.69, 9.17) is 11.6 Å². The molecule has 0 bridgehead atoms. The smallest absolute Gasteiger partial charge is 0.251 e. The molecule has 0 aliphatic rings. The number of amides is 1. The van der Waals surface area contributed by atoms with Gasteiger partial charge in [-0.25, -0.2) is 0 Å². The van der Waals surface area contributed by atoms with Gasteiger partial charge in [0, 0.05) is 33.7 Å². The molecule has 0 aliphatic heterocycles. The minimum atomic E-state index is -0.0796. The lowest BCUT2D eigenvalue weighted by atomic mass is 10.1. The summed E-state index contributed by atoms with van der Waals surface area (Å²) in [5, 5.41) is 4.85. The van der Waals surface area contributed by atoms with Crippen molar-refractivity contribution in [3.63, 3.8) is 0 Å².